The third kappa shape index (κ3) is 7.56. The number of aromatic hydroxyl groups is 1. The predicted octanol–water partition coefficient (Wildman–Crippen LogP) is 13.9. The van der Waals surface area contributed by atoms with Crippen LogP contribution in [0, 0.1) is 68.5 Å². The Morgan fingerprint density at radius 3 is 1.93 bits per heavy atom. The van der Waals surface area contributed by atoms with Crippen LogP contribution in [0.2, 0.25) is 0 Å². The molecule has 54 heavy (non-hydrogen) atoms. The zero-order chi connectivity index (χ0) is 38.4. The molecular formula is C51H76O3. The maximum Gasteiger partial charge on any atom is 0.206 e. The van der Waals surface area contributed by atoms with Gasteiger partial charge in [0.1, 0.15) is 11.5 Å². The first-order chi connectivity index (χ1) is 25.3. The highest BCUT2D eigenvalue weighted by Gasteiger charge is 2.64. The molecule has 7 aliphatic rings. The van der Waals surface area contributed by atoms with Crippen LogP contribution >= 0.6 is 0 Å². The summed E-state index contributed by atoms with van der Waals surface area (Å²) in [7, 11) is 0. The van der Waals surface area contributed by atoms with Gasteiger partial charge in [0, 0.05) is 5.41 Å². The normalized spacial score (nSPS) is 34.7. The van der Waals surface area contributed by atoms with E-state index in [4.69, 9.17) is 9.47 Å². The molecule has 10 atom stereocenters. The maximum atomic E-state index is 10.0. The molecule has 0 aliphatic heterocycles. The van der Waals surface area contributed by atoms with E-state index in [9.17, 15) is 5.11 Å². The van der Waals surface area contributed by atoms with E-state index in [1.165, 1.54) is 75.3 Å². The lowest BCUT2D eigenvalue weighted by Crippen LogP contribution is -2.46. The Labute approximate surface area is 330 Å². The van der Waals surface area contributed by atoms with Gasteiger partial charge in [-0.3, -0.25) is 0 Å². The van der Waals surface area contributed by atoms with Crippen LogP contribution in [-0.2, 0) is 4.74 Å². The summed E-state index contributed by atoms with van der Waals surface area (Å²) in [5, 5.41) is 10.0. The van der Waals surface area contributed by atoms with E-state index in [1.54, 1.807) is 0 Å². The Morgan fingerprint density at radius 1 is 0.685 bits per heavy atom. The molecule has 3 nitrogen and oxygen atoms in total. The molecule has 0 spiro atoms. The van der Waals surface area contributed by atoms with Crippen LogP contribution in [0.15, 0.2) is 48.5 Å². The summed E-state index contributed by atoms with van der Waals surface area (Å²) in [6, 6.07) is 17.5. The van der Waals surface area contributed by atoms with Gasteiger partial charge in [0.15, 0.2) is 0 Å². The van der Waals surface area contributed by atoms with Crippen molar-refractivity contribution in [2.45, 2.75) is 177 Å². The van der Waals surface area contributed by atoms with Gasteiger partial charge in [-0.05, 0) is 187 Å². The van der Waals surface area contributed by atoms with E-state index < -0.39 is 0 Å². The van der Waals surface area contributed by atoms with Crippen molar-refractivity contribution in [2.75, 3.05) is 0 Å². The van der Waals surface area contributed by atoms with Crippen molar-refractivity contribution < 1.29 is 14.6 Å². The molecule has 0 heterocycles. The van der Waals surface area contributed by atoms with Crippen LogP contribution in [-0.4, -0.2) is 17.5 Å². The Balaban J connectivity index is 1.02. The van der Waals surface area contributed by atoms with Gasteiger partial charge in [-0.15, -0.1) is 0 Å². The third-order valence-corrected chi connectivity index (χ3v) is 16.5. The van der Waals surface area contributed by atoms with Crippen LogP contribution in [0.4, 0.5) is 0 Å². The monoisotopic (exact) mass is 737 g/mol. The zero-order valence-corrected chi connectivity index (χ0v) is 35.9. The number of phenolic OH excluding ortho intramolecular Hbond substituents is 1. The summed E-state index contributed by atoms with van der Waals surface area (Å²) < 4.78 is 14.7. The Hall–Kier alpha value is -2.00. The Morgan fingerprint density at radius 2 is 1.30 bits per heavy atom. The van der Waals surface area contributed by atoms with E-state index >= 15 is 0 Å². The van der Waals surface area contributed by atoms with Crippen LogP contribution in [0.1, 0.15) is 176 Å². The van der Waals surface area contributed by atoms with Crippen molar-refractivity contribution in [1.82, 2.24) is 0 Å². The second-order valence-corrected chi connectivity index (χ2v) is 24.0. The molecule has 1 N–H and O–H groups in total. The van der Waals surface area contributed by atoms with Crippen molar-refractivity contribution >= 4 is 0 Å². The first-order valence-corrected chi connectivity index (χ1v) is 22.5. The molecule has 7 aliphatic carbocycles. The van der Waals surface area contributed by atoms with E-state index in [2.05, 4.69) is 106 Å². The lowest BCUT2D eigenvalue weighted by atomic mass is 9.59. The first kappa shape index (κ1) is 38.9. The number of hydrogen-bond acceptors (Lipinski definition) is 3. The highest BCUT2D eigenvalue weighted by molar-refractivity contribution is 5.32. The van der Waals surface area contributed by atoms with Gasteiger partial charge in [-0.25, -0.2) is 0 Å². The fourth-order valence-corrected chi connectivity index (χ4v) is 14.8. The fraction of sp³-hybridized carbons (Fsp3) is 0.765. The predicted molar refractivity (Wildman–Crippen MR) is 223 cm³/mol. The van der Waals surface area contributed by atoms with Crippen LogP contribution in [0.25, 0.3) is 0 Å². The van der Waals surface area contributed by atoms with Crippen LogP contribution in [0.3, 0.4) is 0 Å². The second-order valence-electron chi connectivity index (χ2n) is 24.0. The van der Waals surface area contributed by atoms with Crippen molar-refractivity contribution in [2.24, 2.45) is 68.5 Å². The van der Waals surface area contributed by atoms with Gasteiger partial charge < -0.3 is 14.6 Å². The molecule has 7 saturated carbocycles. The summed E-state index contributed by atoms with van der Waals surface area (Å²) in [4.78, 5) is 0. The average molecular weight is 737 g/mol. The molecule has 6 bridgehead atoms. The molecule has 2 aromatic rings. The molecule has 7 fully saturated rings. The largest absolute Gasteiger partial charge is 0.508 e. The van der Waals surface area contributed by atoms with Crippen molar-refractivity contribution in [3.63, 3.8) is 0 Å². The minimum Gasteiger partial charge on any atom is -0.508 e. The SMILES string of the molecule is CC(C)(C)CC(c1ccc(OC(OC2CC3CC2C2CCCC32)C23CC4CC(CC2C4)C3)cc1)C(C)(C)CC(C)(C)CC(c1ccc(O)cc1)C(C)(C)C. The number of ether oxygens (including phenoxy) is 2. The summed E-state index contributed by atoms with van der Waals surface area (Å²) in [5.41, 5.74) is 3.53. The minimum absolute atomic E-state index is 0.0863. The van der Waals surface area contributed by atoms with Gasteiger partial charge in [0.25, 0.3) is 0 Å². The van der Waals surface area contributed by atoms with Crippen LogP contribution in [0.5, 0.6) is 11.5 Å². The molecular weight excluding hydrogens is 661 g/mol. The molecule has 2 aromatic carbocycles. The number of rotatable bonds is 13. The van der Waals surface area contributed by atoms with E-state index in [0.717, 1.165) is 66.4 Å². The number of fused-ring (bicyclic) bond motifs is 5. The maximum absolute atomic E-state index is 10.0. The molecule has 0 aromatic heterocycles. The standard InChI is InChI=1S/C51H76O3/c1-47(2,3)29-44(50(9,10)31-49(7,8)30-43(48(4,5)6)34-14-18-38(52)19-15-34)35-16-20-39(21-17-35)53-46(51-27-32-22-33(28-51)24-37(51)23-32)54-45-26-36-25-42(45)41-13-11-12-40(36)41/h14-21,32-33,36-37,40-46,52H,11-13,22-31H2,1-10H3. The van der Waals surface area contributed by atoms with Gasteiger partial charge in [-0.1, -0.05) is 99.9 Å². The van der Waals surface area contributed by atoms with Crippen molar-refractivity contribution in [1.29, 1.82) is 0 Å². The van der Waals surface area contributed by atoms with Gasteiger partial charge in [0.2, 0.25) is 6.29 Å². The Kier molecular flexibility index (Phi) is 9.95. The average Bonchev–Trinajstić information content (AvgIpc) is 3.87. The highest BCUT2D eigenvalue weighted by Crippen LogP contribution is 2.68. The molecule has 298 valence electrons. The van der Waals surface area contributed by atoms with Gasteiger partial charge in [-0.2, -0.15) is 0 Å². The highest BCUT2D eigenvalue weighted by atomic mass is 16.7. The van der Waals surface area contributed by atoms with Gasteiger partial charge >= 0.3 is 0 Å². The quantitative estimate of drug-likeness (QED) is 0.208. The first-order valence-electron chi connectivity index (χ1n) is 22.5. The molecule has 9 rings (SSSR count). The number of phenols is 1. The third-order valence-electron chi connectivity index (χ3n) is 16.5. The van der Waals surface area contributed by atoms with Gasteiger partial charge in [0.05, 0.1) is 6.10 Å². The topological polar surface area (TPSA) is 38.7 Å². The molecule has 3 heteroatoms. The summed E-state index contributed by atoms with van der Waals surface area (Å²) >= 11 is 0. The molecule has 0 radical (unpaired) electrons. The van der Waals surface area contributed by atoms with Crippen LogP contribution < -0.4 is 4.74 Å². The fourth-order valence-electron chi connectivity index (χ4n) is 14.8. The van der Waals surface area contributed by atoms with E-state index in [1.807, 2.05) is 12.1 Å². The smallest absolute Gasteiger partial charge is 0.206 e. The number of benzene rings is 2. The lowest BCUT2D eigenvalue weighted by Gasteiger charge is -2.45. The molecule has 0 saturated heterocycles. The lowest BCUT2D eigenvalue weighted by molar-refractivity contribution is -0.208. The summed E-state index contributed by atoms with van der Waals surface area (Å²) in [5.74, 6) is 8.34. The van der Waals surface area contributed by atoms with Crippen molar-refractivity contribution in [3.8, 4) is 11.5 Å². The molecule has 10 unspecified atom stereocenters. The minimum atomic E-state index is -0.0974. The zero-order valence-electron chi connectivity index (χ0n) is 35.9. The van der Waals surface area contributed by atoms with Crippen molar-refractivity contribution in [3.05, 3.63) is 59.7 Å². The summed E-state index contributed by atoms with van der Waals surface area (Å²) in [6.07, 6.45) is 17.7. The molecule has 0 amide bonds. The van der Waals surface area contributed by atoms with E-state index in [0.29, 0.717) is 23.7 Å². The number of hydrogen-bond donors (Lipinski definition) is 1. The summed E-state index contributed by atoms with van der Waals surface area (Å²) in [6.45, 7) is 24.4. The second kappa shape index (κ2) is 13.8. The van der Waals surface area contributed by atoms with E-state index in [-0.39, 0.29) is 33.4 Å². The Bertz CT molecular complexity index is 1590.